The van der Waals surface area contributed by atoms with E-state index in [1.807, 2.05) is 0 Å². The third-order valence-electron chi connectivity index (χ3n) is 1.71. The summed E-state index contributed by atoms with van der Waals surface area (Å²) >= 11 is 6.74. The summed E-state index contributed by atoms with van der Waals surface area (Å²) in [6, 6.07) is 3.50. The molecule has 2 rings (SSSR count). The van der Waals surface area contributed by atoms with Crippen LogP contribution >= 0.6 is 22.9 Å². The van der Waals surface area contributed by atoms with Gasteiger partial charge in [-0.3, -0.25) is 4.98 Å². The fourth-order valence-corrected chi connectivity index (χ4v) is 2.18. The van der Waals surface area contributed by atoms with Gasteiger partial charge in [0.1, 0.15) is 5.01 Å². The number of aromatic carboxylic acids is 1. The van der Waals surface area contributed by atoms with Crippen molar-refractivity contribution in [3.8, 4) is 10.6 Å². The van der Waals surface area contributed by atoms with Crippen LogP contribution in [-0.2, 0) is 0 Å². The van der Waals surface area contributed by atoms with Crippen molar-refractivity contribution in [2.45, 2.75) is 0 Å². The first-order chi connectivity index (χ1) is 7.18. The van der Waals surface area contributed by atoms with Crippen LogP contribution in [0.1, 0.15) is 9.67 Å². The first-order valence-electron chi connectivity index (χ1n) is 3.98. The van der Waals surface area contributed by atoms with Gasteiger partial charge in [-0.05, 0) is 12.1 Å². The van der Waals surface area contributed by atoms with Crippen molar-refractivity contribution in [1.82, 2.24) is 9.97 Å². The first kappa shape index (κ1) is 10.1. The summed E-state index contributed by atoms with van der Waals surface area (Å²) in [7, 11) is 0. The Hall–Kier alpha value is -1.46. The van der Waals surface area contributed by atoms with E-state index in [2.05, 4.69) is 9.97 Å². The molecule has 6 heteroatoms. The molecule has 0 spiro atoms. The van der Waals surface area contributed by atoms with Gasteiger partial charge in [0.15, 0.2) is 10.0 Å². The molecule has 0 aliphatic carbocycles. The van der Waals surface area contributed by atoms with E-state index in [0.29, 0.717) is 5.01 Å². The summed E-state index contributed by atoms with van der Waals surface area (Å²) in [4.78, 5) is 18.6. The minimum Gasteiger partial charge on any atom is -0.477 e. The fourth-order valence-electron chi connectivity index (χ4n) is 1.05. The average molecular weight is 241 g/mol. The van der Waals surface area contributed by atoms with Crippen molar-refractivity contribution < 1.29 is 9.90 Å². The molecule has 2 aromatic rings. The maximum absolute atomic E-state index is 10.7. The zero-order chi connectivity index (χ0) is 10.8. The van der Waals surface area contributed by atoms with Gasteiger partial charge in [-0.25, -0.2) is 9.78 Å². The molecule has 0 aliphatic heterocycles. The normalized spacial score (nSPS) is 10.2. The molecular formula is C9H5ClN2O2S. The van der Waals surface area contributed by atoms with Crippen molar-refractivity contribution in [2.75, 3.05) is 0 Å². The molecule has 0 fully saturated rings. The van der Waals surface area contributed by atoms with Gasteiger partial charge in [0, 0.05) is 18.0 Å². The maximum atomic E-state index is 10.7. The van der Waals surface area contributed by atoms with Gasteiger partial charge in [-0.1, -0.05) is 11.6 Å². The monoisotopic (exact) mass is 240 g/mol. The van der Waals surface area contributed by atoms with Gasteiger partial charge >= 0.3 is 5.97 Å². The van der Waals surface area contributed by atoms with Crippen LogP contribution < -0.4 is 0 Å². The standard InChI is InChI=1S/C9H5ClN2O2S/c10-7-6(9(13)14)15-8(12-7)5-1-3-11-4-2-5/h1-4H,(H,13,14). The van der Waals surface area contributed by atoms with Crippen LogP contribution in [0.2, 0.25) is 5.15 Å². The van der Waals surface area contributed by atoms with Crippen molar-refractivity contribution in [1.29, 1.82) is 0 Å². The molecule has 0 unspecified atom stereocenters. The zero-order valence-corrected chi connectivity index (χ0v) is 8.92. The minimum absolute atomic E-state index is 0.0271. The van der Waals surface area contributed by atoms with E-state index in [1.54, 1.807) is 24.5 Å². The largest absolute Gasteiger partial charge is 0.477 e. The number of aromatic nitrogens is 2. The smallest absolute Gasteiger partial charge is 0.349 e. The van der Waals surface area contributed by atoms with E-state index in [-0.39, 0.29) is 10.0 Å². The van der Waals surface area contributed by atoms with Crippen LogP contribution in [0.4, 0.5) is 0 Å². The lowest BCUT2D eigenvalue weighted by atomic mass is 10.3. The highest BCUT2D eigenvalue weighted by atomic mass is 35.5. The van der Waals surface area contributed by atoms with Gasteiger partial charge in [0.05, 0.1) is 0 Å². The zero-order valence-electron chi connectivity index (χ0n) is 7.35. The van der Waals surface area contributed by atoms with E-state index in [4.69, 9.17) is 16.7 Å². The lowest BCUT2D eigenvalue weighted by Crippen LogP contribution is -1.91. The van der Waals surface area contributed by atoms with Gasteiger partial charge in [-0.2, -0.15) is 0 Å². The van der Waals surface area contributed by atoms with E-state index in [0.717, 1.165) is 16.9 Å². The highest BCUT2D eigenvalue weighted by Gasteiger charge is 2.16. The number of hydrogen-bond donors (Lipinski definition) is 1. The predicted molar refractivity (Wildman–Crippen MR) is 57.3 cm³/mol. The molecule has 0 saturated heterocycles. The maximum Gasteiger partial charge on any atom is 0.349 e. The molecule has 15 heavy (non-hydrogen) atoms. The van der Waals surface area contributed by atoms with Crippen molar-refractivity contribution >= 4 is 28.9 Å². The number of hydrogen-bond acceptors (Lipinski definition) is 4. The number of thiazole rings is 1. The van der Waals surface area contributed by atoms with Gasteiger partial charge in [0.2, 0.25) is 0 Å². The second-order valence-electron chi connectivity index (χ2n) is 2.68. The van der Waals surface area contributed by atoms with Crippen LogP contribution in [0.25, 0.3) is 10.6 Å². The number of nitrogens with zero attached hydrogens (tertiary/aromatic N) is 2. The summed E-state index contributed by atoms with van der Waals surface area (Å²) in [5, 5.41) is 9.41. The summed E-state index contributed by atoms with van der Waals surface area (Å²) in [5.41, 5.74) is 0.810. The number of carboxylic acid groups (broad SMARTS) is 1. The molecule has 0 saturated carbocycles. The molecule has 0 amide bonds. The Morgan fingerprint density at radius 3 is 2.60 bits per heavy atom. The Morgan fingerprint density at radius 1 is 1.40 bits per heavy atom. The van der Waals surface area contributed by atoms with Crippen LogP contribution in [0, 0.1) is 0 Å². The molecular weight excluding hydrogens is 236 g/mol. The summed E-state index contributed by atoms with van der Waals surface area (Å²) in [6.45, 7) is 0. The van der Waals surface area contributed by atoms with Gasteiger partial charge in [-0.15, -0.1) is 11.3 Å². The molecule has 2 heterocycles. The SMILES string of the molecule is O=C(O)c1sc(-c2ccncc2)nc1Cl. The first-order valence-corrected chi connectivity index (χ1v) is 5.18. The molecule has 0 aromatic carbocycles. The Balaban J connectivity index is 2.48. The van der Waals surface area contributed by atoms with Crippen LogP contribution in [0.5, 0.6) is 0 Å². The lowest BCUT2D eigenvalue weighted by molar-refractivity contribution is 0.0702. The number of carbonyl (C=O) groups is 1. The number of rotatable bonds is 2. The minimum atomic E-state index is -1.06. The number of halogens is 1. The number of carboxylic acids is 1. The van der Waals surface area contributed by atoms with E-state index < -0.39 is 5.97 Å². The van der Waals surface area contributed by atoms with Crippen molar-refractivity contribution in [3.05, 3.63) is 34.6 Å². The molecule has 0 bridgehead atoms. The molecule has 2 aromatic heterocycles. The topological polar surface area (TPSA) is 63.1 Å². The highest BCUT2D eigenvalue weighted by molar-refractivity contribution is 7.17. The molecule has 76 valence electrons. The van der Waals surface area contributed by atoms with Crippen LogP contribution in [0.3, 0.4) is 0 Å². The summed E-state index contributed by atoms with van der Waals surface area (Å²) in [6.07, 6.45) is 3.23. The van der Waals surface area contributed by atoms with Crippen molar-refractivity contribution in [3.63, 3.8) is 0 Å². The Morgan fingerprint density at radius 2 is 2.07 bits per heavy atom. The summed E-state index contributed by atoms with van der Waals surface area (Å²) in [5.74, 6) is -1.06. The van der Waals surface area contributed by atoms with E-state index in [1.165, 1.54) is 0 Å². The quantitative estimate of drug-likeness (QED) is 0.876. The Labute approximate surface area is 94.2 Å². The second-order valence-corrected chi connectivity index (χ2v) is 4.04. The molecule has 0 radical (unpaired) electrons. The van der Waals surface area contributed by atoms with Gasteiger partial charge < -0.3 is 5.11 Å². The Bertz CT molecular complexity index is 498. The van der Waals surface area contributed by atoms with Crippen LogP contribution in [0.15, 0.2) is 24.5 Å². The molecule has 4 nitrogen and oxygen atoms in total. The molecule has 1 N–H and O–H groups in total. The van der Waals surface area contributed by atoms with E-state index >= 15 is 0 Å². The number of pyridine rings is 1. The van der Waals surface area contributed by atoms with E-state index in [9.17, 15) is 4.79 Å². The fraction of sp³-hybridized carbons (Fsp3) is 0. The molecule has 0 atom stereocenters. The third-order valence-corrected chi connectivity index (χ3v) is 3.19. The van der Waals surface area contributed by atoms with Gasteiger partial charge in [0.25, 0.3) is 0 Å². The lowest BCUT2D eigenvalue weighted by Gasteiger charge is -1.91. The third kappa shape index (κ3) is 1.98. The second kappa shape index (κ2) is 3.96. The summed E-state index contributed by atoms with van der Waals surface area (Å²) < 4.78 is 0. The molecule has 0 aliphatic rings. The van der Waals surface area contributed by atoms with Crippen LogP contribution in [-0.4, -0.2) is 21.0 Å². The Kier molecular flexibility index (Phi) is 2.66. The van der Waals surface area contributed by atoms with Crippen molar-refractivity contribution in [2.24, 2.45) is 0 Å². The predicted octanol–water partition coefficient (Wildman–Crippen LogP) is 2.56. The average Bonchev–Trinajstić information content (AvgIpc) is 2.62. The highest BCUT2D eigenvalue weighted by Crippen LogP contribution is 2.30.